The molecule has 2 amide bonds. The molecule has 23 heavy (non-hydrogen) atoms. The van der Waals surface area contributed by atoms with Gasteiger partial charge in [0.2, 0.25) is 0 Å². The van der Waals surface area contributed by atoms with Crippen LogP contribution in [0, 0.1) is 17.0 Å². The number of nitro benzene ring substituents is 1. The largest absolute Gasteiger partial charge is 0.377 e. The van der Waals surface area contributed by atoms with Gasteiger partial charge in [-0.1, -0.05) is 19.1 Å². The molecule has 0 spiro atoms. The third-order valence-corrected chi connectivity index (χ3v) is 4.23. The monoisotopic (exact) mass is 321 g/mol. The summed E-state index contributed by atoms with van der Waals surface area (Å²) in [4.78, 5) is 24.9. The van der Waals surface area contributed by atoms with Gasteiger partial charge in [0.1, 0.15) is 0 Å². The van der Waals surface area contributed by atoms with Crippen LogP contribution in [0.15, 0.2) is 18.2 Å². The lowest BCUT2D eigenvalue weighted by atomic mass is 10.0. The molecule has 1 heterocycles. The first kappa shape index (κ1) is 17.2. The molecule has 1 aliphatic heterocycles. The minimum absolute atomic E-state index is 0.0707. The molecule has 0 aliphatic carbocycles. The van der Waals surface area contributed by atoms with Gasteiger partial charge in [0.05, 0.1) is 30.2 Å². The highest BCUT2D eigenvalue weighted by molar-refractivity contribution is 5.75. The number of hydrogen-bond donors (Lipinski definition) is 1. The van der Waals surface area contributed by atoms with Gasteiger partial charge in [0.25, 0.3) is 5.69 Å². The predicted molar refractivity (Wildman–Crippen MR) is 86.4 cm³/mol. The summed E-state index contributed by atoms with van der Waals surface area (Å²) in [6.45, 7) is 7.19. The van der Waals surface area contributed by atoms with Crippen LogP contribution in [-0.4, -0.2) is 41.7 Å². The molecule has 1 aliphatic rings. The van der Waals surface area contributed by atoms with E-state index in [1.54, 1.807) is 17.9 Å². The molecule has 0 bridgehead atoms. The number of nitrogens with zero attached hydrogens (tertiary/aromatic N) is 2. The number of urea groups is 1. The first-order valence-corrected chi connectivity index (χ1v) is 7.83. The first-order valence-electron chi connectivity index (χ1n) is 7.83. The van der Waals surface area contributed by atoms with Crippen LogP contribution in [-0.2, 0) is 4.74 Å². The summed E-state index contributed by atoms with van der Waals surface area (Å²) in [5, 5.41) is 14.0. The van der Waals surface area contributed by atoms with Gasteiger partial charge in [-0.3, -0.25) is 10.1 Å². The molecule has 126 valence electrons. The number of morpholine rings is 1. The van der Waals surface area contributed by atoms with Crippen molar-refractivity contribution >= 4 is 11.7 Å². The molecule has 1 aromatic rings. The summed E-state index contributed by atoms with van der Waals surface area (Å²) in [7, 11) is 0. The lowest BCUT2D eigenvalue weighted by molar-refractivity contribution is -0.385. The fourth-order valence-corrected chi connectivity index (χ4v) is 2.70. The molecule has 0 aromatic heterocycles. The molecule has 1 N–H and O–H groups in total. The van der Waals surface area contributed by atoms with Crippen LogP contribution < -0.4 is 5.32 Å². The van der Waals surface area contributed by atoms with Gasteiger partial charge in [-0.05, 0) is 25.8 Å². The quantitative estimate of drug-likeness (QED) is 0.682. The summed E-state index contributed by atoms with van der Waals surface area (Å²) in [5.74, 6) is 0. The van der Waals surface area contributed by atoms with Gasteiger partial charge >= 0.3 is 6.03 Å². The lowest BCUT2D eigenvalue weighted by Gasteiger charge is -2.35. The van der Waals surface area contributed by atoms with E-state index in [1.165, 1.54) is 6.07 Å². The normalized spacial score (nSPS) is 19.3. The van der Waals surface area contributed by atoms with E-state index >= 15 is 0 Å². The molecule has 2 unspecified atom stereocenters. The van der Waals surface area contributed by atoms with E-state index in [-0.39, 0.29) is 23.8 Å². The van der Waals surface area contributed by atoms with E-state index in [1.807, 2.05) is 19.9 Å². The smallest absolute Gasteiger partial charge is 0.318 e. The number of ether oxygens (including phenoxy) is 1. The first-order chi connectivity index (χ1) is 10.9. The number of hydrogen-bond acceptors (Lipinski definition) is 4. The van der Waals surface area contributed by atoms with Gasteiger partial charge in [-0.25, -0.2) is 4.79 Å². The van der Waals surface area contributed by atoms with Gasteiger partial charge in [-0.2, -0.15) is 0 Å². The van der Waals surface area contributed by atoms with Crippen molar-refractivity contribution in [3.63, 3.8) is 0 Å². The lowest BCUT2D eigenvalue weighted by Crippen LogP contribution is -2.52. The molecule has 0 saturated carbocycles. The molecule has 2 atom stereocenters. The summed E-state index contributed by atoms with van der Waals surface area (Å²) in [5.41, 5.74) is 1.40. The van der Waals surface area contributed by atoms with E-state index in [9.17, 15) is 14.9 Å². The Bertz CT molecular complexity index is 591. The Hall–Kier alpha value is -2.15. The second-order valence-corrected chi connectivity index (χ2v) is 5.80. The van der Waals surface area contributed by atoms with Crippen LogP contribution in [0.4, 0.5) is 10.5 Å². The number of carbonyl (C=O) groups excluding carboxylic acids is 1. The number of nitro groups is 1. The third-order valence-electron chi connectivity index (χ3n) is 4.23. The highest BCUT2D eigenvalue weighted by Gasteiger charge is 2.27. The van der Waals surface area contributed by atoms with Crippen LogP contribution >= 0.6 is 0 Å². The van der Waals surface area contributed by atoms with Crippen molar-refractivity contribution in [1.29, 1.82) is 0 Å². The third kappa shape index (κ3) is 3.98. The number of amides is 2. The van der Waals surface area contributed by atoms with E-state index in [0.717, 1.165) is 12.0 Å². The van der Waals surface area contributed by atoms with E-state index in [0.29, 0.717) is 25.3 Å². The molecular weight excluding hydrogens is 298 g/mol. The number of aryl methyl sites for hydroxylation is 1. The van der Waals surface area contributed by atoms with Crippen molar-refractivity contribution in [3.8, 4) is 0 Å². The van der Waals surface area contributed by atoms with E-state index in [4.69, 9.17) is 4.74 Å². The van der Waals surface area contributed by atoms with Crippen molar-refractivity contribution in [3.05, 3.63) is 39.4 Å². The predicted octanol–water partition coefficient (Wildman–Crippen LogP) is 2.78. The topological polar surface area (TPSA) is 84.7 Å². The molecule has 7 nitrogen and oxygen atoms in total. The second-order valence-electron chi connectivity index (χ2n) is 5.80. The molecule has 1 saturated heterocycles. The molecule has 7 heteroatoms. The zero-order chi connectivity index (χ0) is 17.0. The average molecular weight is 321 g/mol. The zero-order valence-corrected chi connectivity index (χ0v) is 13.7. The SMILES string of the molecule is CCC1COCCN1C(=O)NC(C)c1ccc(C)c([N+](=O)[O-])c1. The maximum absolute atomic E-state index is 12.5. The van der Waals surface area contributed by atoms with Gasteiger partial charge < -0.3 is 15.0 Å². The molecule has 1 aromatic carbocycles. The fourth-order valence-electron chi connectivity index (χ4n) is 2.70. The molecular formula is C16H23N3O4. The molecule has 0 radical (unpaired) electrons. The Labute approximate surface area is 135 Å². The number of carbonyl (C=O) groups is 1. The highest BCUT2D eigenvalue weighted by atomic mass is 16.6. The Kier molecular flexibility index (Phi) is 5.54. The zero-order valence-electron chi connectivity index (χ0n) is 13.7. The van der Waals surface area contributed by atoms with Crippen molar-refractivity contribution in [2.45, 2.75) is 39.3 Å². The van der Waals surface area contributed by atoms with Crippen LogP contribution in [0.2, 0.25) is 0 Å². The van der Waals surface area contributed by atoms with Crippen LogP contribution in [0.5, 0.6) is 0 Å². The van der Waals surface area contributed by atoms with E-state index < -0.39 is 4.92 Å². The number of nitrogens with one attached hydrogen (secondary N) is 1. The standard InChI is InChI=1S/C16H23N3O4/c1-4-14-10-23-8-7-18(14)16(20)17-12(3)13-6-5-11(2)15(9-13)19(21)22/h5-6,9,12,14H,4,7-8,10H2,1-3H3,(H,17,20). The van der Waals surface area contributed by atoms with Crippen LogP contribution in [0.3, 0.4) is 0 Å². The minimum atomic E-state index is -0.400. The van der Waals surface area contributed by atoms with Crippen molar-refractivity contribution in [1.82, 2.24) is 10.2 Å². The summed E-state index contributed by atoms with van der Waals surface area (Å²) in [6, 6.07) is 4.65. The average Bonchev–Trinajstić information content (AvgIpc) is 2.54. The Morgan fingerprint density at radius 3 is 2.96 bits per heavy atom. The summed E-state index contributed by atoms with van der Waals surface area (Å²) in [6.07, 6.45) is 0.831. The highest BCUT2D eigenvalue weighted by Crippen LogP contribution is 2.23. The number of benzene rings is 1. The van der Waals surface area contributed by atoms with Gasteiger partial charge in [0, 0.05) is 18.2 Å². The van der Waals surface area contributed by atoms with Gasteiger partial charge in [0.15, 0.2) is 0 Å². The number of rotatable bonds is 4. The maximum atomic E-state index is 12.5. The van der Waals surface area contributed by atoms with Crippen molar-refractivity contribution in [2.24, 2.45) is 0 Å². The molecule has 1 fully saturated rings. The Balaban J connectivity index is 2.09. The Morgan fingerprint density at radius 2 is 2.30 bits per heavy atom. The van der Waals surface area contributed by atoms with Crippen LogP contribution in [0.1, 0.15) is 37.4 Å². The fraction of sp³-hybridized carbons (Fsp3) is 0.562. The minimum Gasteiger partial charge on any atom is -0.377 e. The second kappa shape index (κ2) is 7.41. The summed E-state index contributed by atoms with van der Waals surface area (Å²) >= 11 is 0. The maximum Gasteiger partial charge on any atom is 0.318 e. The van der Waals surface area contributed by atoms with Crippen LogP contribution in [0.25, 0.3) is 0 Å². The van der Waals surface area contributed by atoms with Crippen molar-refractivity contribution in [2.75, 3.05) is 19.8 Å². The molecule has 2 rings (SSSR count). The van der Waals surface area contributed by atoms with E-state index in [2.05, 4.69) is 5.32 Å². The van der Waals surface area contributed by atoms with Gasteiger partial charge in [-0.15, -0.1) is 0 Å². The summed E-state index contributed by atoms with van der Waals surface area (Å²) < 4.78 is 5.40. The Morgan fingerprint density at radius 1 is 1.57 bits per heavy atom. The van der Waals surface area contributed by atoms with Crippen molar-refractivity contribution < 1.29 is 14.5 Å².